The SMILES string of the molecule is O=C(NCCCCCN1CCCCC1)c1ccc2nc[nH]c2c1. The van der Waals surface area contributed by atoms with E-state index in [1.807, 2.05) is 18.2 Å². The van der Waals surface area contributed by atoms with E-state index in [4.69, 9.17) is 0 Å². The van der Waals surface area contributed by atoms with Crippen molar-refractivity contribution in [3.8, 4) is 0 Å². The number of H-pyrrole nitrogens is 1. The van der Waals surface area contributed by atoms with Crippen LogP contribution in [0.3, 0.4) is 0 Å². The molecular weight excluding hydrogens is 288 g/mol. The predicted octanol–water partition coefficient (Wildman–Crippen LogP) is 2.95. The van der Waals surface area contributed by atoms with E-state index in [0.717, 1.165) is 24.0 Å². The molecule has 5 heteroatoms. The molecule has 0 radical (unpaired) electrons. The van der Waals surface area contributed by atoms with Gasteiger partial charge < -0.3 is 15.2 Å². The lowest BCUT2D eigenvalue weighted by Gasteiger charge is -2.26. The highest BCUT2D eigenvalue weighted by Gasteiger charge is 2.09. The van der Waals surface area contributed by atoms with Crippen LogP contribution in [0.1, 0.15) is 48.9 Å². The van der Waals surface area contributed by atoms with Crippen LogP contribution < -0.4 is 5.32 Å². The Morgan fingerprint density at radius 3 is 2.91 bits per heavy atom. The van der Waals surface area contributed by atoms with Crippen molar-refractivity contribution in [2.45, 2.75) is 38.5 Å². The van der Waals surface area contributed by atoms with Crippen LogP contribution in [-0.2, 0) is 0 Å². The molecule has 1 aliphatic rings. The molecule has 2 aromatic rings. The summed E-state index contributed by atoms with van der Waals surface area (Å²) >= 11 is 0. The number of benzene rings is 1. The zero-order chi connectivity index (χ0) is 15.9. The second kappa shape index (κ2) is 8.11. The van der Waals surface area contributed by atoms with Crippen LogP contribution in [0.15, 0.2) is 24.5 Å². The van der Waals surface area contributed by atoms with Crippen molar-refractivity contribution >= 4 is 16.9 Å². The standard InChI is InChI=1S/C18H26N4O/c23-18(15-7-8-16-17(13-15)21-14-20-16)19-9-3-1-4-10-22-11-5-2-6-12-22/h7-8,13-14H,1-6,9-12H2,(H,19,23)(H,20,21). The Morgan fingerprint density at radius 2 is 2.04 bits per heavy atom. The quantitative estimate of drug-likeness (QED) is 0.772. The number of likely N-dealkylation sites (tertiary alicyclic amines) is 1. The number of hydrogen-bond acceptors (Lipinski definition) is 3. The number of unbranched alkanes of at least 4 members (excludes halogenated alkanes) is 2. The number of amides is 1. The fourth-order valence-electron chi connectivity index (χ4n) is 3.20. The number of aromatic nitrogens is 2. The Kier molecular flexibility index (Phi) is 5.64. The summed E-state index contributed by atoms with van der Waals surface area (Å²) in [5.41, 5.74) is 2.48. The Balaban J connectivity index is 1.32. The summed E-state index contributed by atoms with van der Waals surface area (Å²) in [4.78, 5) is 21.9. The summed E-state index contributed by atoms with van der Waals surface area (Å²) in [5, 5.41) is 3.01. The van der Waals surface area contributed by atoms with Gasteiger partial charge in [0.05, 0.1) is 17.4 Å². The van der Waals surface area contributed by atoms with Crippen LogP contribution in [0.25, 0.3) is 11.0 Å². The van der Waals surface area contributed by atoms with E-state index in [1.54, 1.807) is 6.33 Å². The molecule has 0 aliphatic carbocycles. The molecule has 124 valence electrons. The van der Waals surface area contributed by atoms with Crippen LogP contribution in [0.2, 0.25) is 0 Å². The number of rotatable bonds is 7. The Bertz CT molecular complexity index is 631. The minimum Gasteiger partial charge on any atom is -0.352 e. The molecule has 1 fully saturated rings. The molecule has 1 aromatic carbocycles. The predicted molar refractivity (Wildman–Crippen MR) is 92.6 cm³/mol. The summed E-state index contributed by atoms with van der Waals surface area (Å²) in [6.45, 7) is 4.50. The molecule has 0 saturated carbocycles. The second-order valence-corrected chi connectivity index (χ2v) is 6.35. The van der Waals surface area contributed by atoms with Gasteiger partial charge in [-0.3, -0.25) is 4.79 Å². The molecule has 1 saturated heterocycles. The van der Waals surface area contributed by atoms with Crippen molar-refractivity contribution in [1.29, 1.82) is 0 Å². The first kappa shape index (κ1) is 16.0. The lowest BCUT2D eigenvalue weighted by Crippen LogP contribution is -2.30. The van der Waals surface area contributed by atoms with Gasteiger partial charge >= 0.3 is 0 Å². The fraction of sp³-hybridized carbons (Fsp3) is 0.556. The van der Waals surface area contributed by atoms with Gasteiger partial charge in [-0.1, -0.05) is 12.8 Å². The van der Waals surface area contributed by atoms with E-state index in [1.165, 1.54) is 51.7 Å². The van der Waals surface area contributed by atoms with Gasteiger partial charge in [-0.25, -0.2) is 4.98 Å². The summed E-state index contributed by atoms with van der Waals surface area (Å²) in [5.74, 6) is -0.00229. The normalized spacial score (nSPS) is 15.8. The van der Waals surface area contributed by atoms with Gasteiger partial charge in [0.15, 0.2) is 0 Å². The van der Waals surface area contributed by atoms with Gasteiger partial charge in [0, 0.05) is 12.1 Å². The average molecular weight is 314 g/mol. The minimum atomic E-state index is -0.00229. The largest absolute Gasteiger partial charge is 0.352 e. The van der Waals surface area contributed by atoms with Crippen molar-refractivity contribution in [1.82, 2.24) is 20.2 Å². The average Bonchev–Trinajstić information content (AvgIpc) is 3.06. The van der Waals surface area contributed by atoms with E-state index in [9.17, 15) is 4.79 Å². The van der Waals surface area contributed by atoms with Crippen LogP contribution in [0, 0.1) is 0 Å². The third-order valence-electron chi connectivity index (χ3n) is 4.57. The van der Waals surface area contributed by atoms with Gasteiger partial charge in [0.25, 0.3) is 5.91 Å². The molecule has 1 aromatic heterocycles. The van der Waals surface area contributed by atoms with Gasteiger partial charge in [-0.2, -0.15) is 0 Å². The number of carbonyl (C=O) groups is 1. The monoisotopic (exact) mass is 314 g/mol. The second-order valence-electron chi connectivity index (χ2n) is 6.35. The van der Waals surface area contributed by atoms with E-state index >= 15 is 0 Å². The zero-order valence-corrected chi connectivity index (χ0v) is 13.7. The maximum absolute atomic E-state index is 12.1. The van der Waals surface area contributed by atoms with Crippen molar-refractivity contribution < 1.29 is 4.79 Å². The van der Waals surface area contributed by atoms with Gasteiger partial charge in [-0.15, -0.1) is 0 Å². The van der Waals surface area contributed by atoms with Gasteiger partial charge in [0.2, 0.25) is 0 Å². The topological polar surface area (TPSA) is 61.0 Å². The van der Waals surface area contributed by atoms with E-state index in [2.05, 4.69) is 20.2 Å². The maximum atomic E-state index is 12.1. The highest BCUT2D eigenvalue weighted by Crippen LogP contribution is 2.12. The summed E-state index contributed by atoms with van der Waals surface area (Å²) in [6, 6.07) is 5.56. The molecule has 0 unspecified atom stereocenters. The number of nitrogens with one attached hydrogen (secondary N) is 2. The molecule has 0 spiro atoms. The molecule has 5 nitrogen and oxygen atoms in total. The molecule has 0 bridgehead atoms. The first-order chi connectivity index (χ1) is 11.3. The third-order valence-corrected chi connectivity index (χ3v) is 4.57. The zero-order valence-electron chi connectivity index (χ0n) is 13.7. The number of hydrogen-bond donors (Lipinski definition) is 2. The van der Waals surface area contributed by atoms with Crippen molar-refractivity contribution in [2.24, 2.45) is 0 Å². The van der Waals surface area contributed by atoms with Crippen LogP contribution in [-0.4, -0.2) is 47.0 Å². The Labute approximate surface area is 137 Å². The minimum absolute atomic E-state index is 0.00229. The van der Waals surface area contributed by atoms with Crippen LogP contribution >= 0.6 is 0 Å². The molecule has 23 heavy (non-hydrogen) atoms. The Morgan fingerprint density at radius 1 is 1.17 bits per heavy atom. The Hall–Kier alpha value is -1.88. The van der Waals surface area contributed by atoms with Crippen LogP contribution in [0.4, 0.5) is 0 Å². The number of carbonyl (C=O) groups excluding carboxylic acids is 1. The molecule has 0 atom stereocenters. The number of piperidine rings is 1. The fourth-order valence-corrected chi connectivity index (χ4v) is 3.20. The number of imidazole rings is 1. The highest BCUT2D eigenvalue weighted by atomic mass is 16.1. The molecule has 1 aliphatic heterocycles. The molecular formula is C18H26N4O. The summed E-state index contributed by atoms with van der Waals surface area (Å²) < 4.78 is 0. The smallest absolute Gasteiger partial charge is 0.251 e. The highest BCUT2D eigenvalue weighted by molar-refractivity contribution is 5.97. The molecule has 2 heterocycles. The first-order valence-electron chi connectivity index (χ1n) is 8.76. The summed E-state index contributed by atoms with van der Waals surface area (Å²) in [6.07, 6.45) is 9.22. The number of aromatic amines is 1. The van der Waals surface area contributed by atoms with Gasteiger partial charge in [0.1, 0.15) is 0 Å². The molecule has 3 rings (SSSR count). The third kappa shape index (κ3) is 4.55. The lowest BCUT2D eigenvalue weighted by atomic mass is 10.1. The molecule has 2 N–H and O–H groups in total. The first-order valence-corrected chi connectivity index (χ1v) is 8.76. The van der Waals surface area contributed by atoms with Gasteiger partial charge in [-0.05, 0) is 63.5 Å². The lowest BCUT2D eigenvalue weighted by molar-refractivity contribution is 0.0953. The van der Waals surface area contributed by atoms with E-state index in [-0.39, 0.29) is 5.91 Å². The van der Waals surface area contributed by atoms with Crippen molar-refractivity contribution in [3.05, 3.63) is 30.1 Å². The number of nitrogens with zero attached hydrogens (tertiary/aromatic N) is 2. The van der Waals surface area contributed by atoms with Crippen LogP contribution in [0.5, 0.6) is 0 Å². The van der Waals surface area contributed by atoms with Crippen molar-refractivity contribution in [3.63, 3.8) is 0 Å². The maximum Gasteiger partial charge on any atom is 0.251 e. The van der Waals surface area contributed by atoms with E-state index in [0.29, 0.717) is 5.56 Å². The number of fused-ring (bicyclic) bond motifs is 1. The molecule has 1 amide bonds. The van der Waals surface area contributed by atoms with E-state index < -0.39 is 0 Å². The van der Waals surface area contributed by atoms with Crippen molar-refractivity contribution in [2.75, 3.05) is 26.2 Å². The summed E-state index contributed by atoms with van der Waals surface area (Å²) in [7, 11) is 0.